The molecule has 30 heavy (non-hydrogen) atoms. The van der Waals surface area contributed by atoms with Crippen molar-refractivity contribution in [1.82, 2.24) is 15.5 Å². The maximum atomic E-state index is 13.0. The number of nitrogens with two attached hydrogens (primary N) is 1. The second kappa shape index (κ2) is 12.1. The molecule has 172 valence electrons. The lowest BCUT2D eigenvalue weighted by atomic mass is 10.0. The number of carboxylic acids is 1. The first-order chi connectivity index (χ1) is 14.0. The molecule has 0 bridgehead atoms. The fourth-order valence-corrected chi connectivity index (χ4v) is 3.76. The number of aliphatic carboxylic acids is 1. The first kappa shape index (κ1) is 26.2. The predicted octanol–water partition coefficient (Wildman–Crippen LogP) is -0.851. The van der Waals surface area contributed by atoms with E-state index in [1.54, 1.807) is 25.6 Å². The van der Waals surface area contributed by atoms with Gasteiger partial charge in [0.1, 0.15) is 18.1 Å². The number of carbonyl (C=O) groups excluding carboxylic acids is 3. The topological polar surface area (TPSA) is 162 Å². The molecular formula is C19H34N4O6S. The van der Waals surface area contributed by atoms with Crippen molar-refractivity contribution >= 4 is 35.5 Å². The van der Waals surface area contributed by atoms with Crippen LogP contribution in [0.1, 0.15) is 40.0 Å². The van der Waals surface area contributed by atoms with Crippen LogP contribution in [0.25, 0.3) is 0 Å². The number of amides is 3. The van der Waals surface area contributed by atoms with Crippen molar-refractivity contribution in [1.29, 1.82) is 0 Å². The van der Waals surface area contributed by atoms with Gasteiger partial charge in [0.25, 0.3) is 0 Å². The Labute approximate surface area is 181 Å². The molecule has 3 amide bonds. The van der Waals surface area contributed by atoms with Gasteiger partial charge in [0.05, 0.1) is 12.1 Å². The molecule has 1 fully saturated rings. The van der Waals surface area contributed by atoms with Crippen molar-refractivity contribution in [3.05, 3.63) is 0 Å². The molecule has 10 nitrogen and oxygen atoms in total. The van der Waals surface area contributed by atoms with Crippen molar-refractivity contribution in [2.75, 3.05) is 18.6 Å². The monoisotopic (exact) mass is 446 g/mol. The highest BCUT2D eigenvalue weighted by atomic mass is 32.2. The van der Waals surface area contributed by atoms with E-state index in [0.29, 0.717) is 25.0 Å². The maximum absolute atomic E-state index is 13.0. The van der Waals surface area contributed by atoms with Crippen molar-refractivity contribution < 1.29 is 29.4 Å². The molecule has 5 unspecified atom stereocenters. The van der Waals surface area contributed by atoms with E-state index in [9.17, 15) is 29.4 Å². The second-order valence-corrected chi connectivity index (χ2v) is 8.86. The third kappa shape index (κ3) is 7.13. The summed E-state index contributed by atoms with van der Waals surface area (Å²) in [5.74, 6) is -2.50. The smallest absolute Gasteiger partial charge is 0.326 e. The van der Waals surface area contributed by atoms with Gasteiger partial charge >= 0.3 is 5.97 Å². The van der Waals surface area contributed by atoms with E-state index in [2.05, 4.69) is 10.6 Å². The number of carbonyl (C=O) groups is 4. The zero-order chi connectivity index (χ0) is 23.0. The summed E-state index contributed by atoms with van der Waals surface area (Å²) in [5.41, 5.74) is 5.84. The van der Waals surface area contributed by atoms with Crippen LogP contribution in [0.5, 0.6) is 0 Å². The second-order valence-electron chi connectivity index (χ2n) is 7.87. The number of hydrogen-bond acceptors (Lipinski definition) is 7. The molecule has 0 aliphatic carbocycles. The molecule has 0 aromatic carbocycles. The predicted molar refractivity (Wildman–Crippen MR) is 114 cm³/mol. The molecule has 0 aromatic rings. The number of carboxylic acid groups (broad SMARTS) is 1. The Bertz CT molecular complexity index is 630. The van der Waals surface area contributed by atoms with E-state index in [0.717, 1.165) is 0 Å². The van der Waals surface area contributed by atoms with Crippen molar-refractivity contribution in [2.45, 2.75) is 70.3 Å². The van der Waals surface area contributed by atoms with Crippen LogP contribution in [0.3, 0.4) is 0 Å². The summed E-state index contributed by atoms with van der Waals surface area (Å²) in [7, 11) is 0. The summed E-state index contributed by atoms with van der Waals surface area (Å²) in [6, 6.07) is -3.99. The van der Waals surface area contributed by atoms with E-state index in [1.165, 1.54) is 11.8 Å². The summed E-state index contributed by atoms with van der Waals surface area (Å²) in [6.45, 7) is 5.00. The molecule has 5 atom stereocenters. The number of thioether (sulfide) groups is 1. The number of aliphatic hydroxyl groups excluding tert-OH is 1. The number of aliphatic hydroxyl groups is 1. The van der Waals surface area contributed by atoms with Crippen LogP contribution >= 0.6 is 11.8 Å². The number of hydrogen-bond donors (Lipinski definition) is 5. The Kier molecular flexibility index (Phi) is 10.6. The highest BCUT2D eigenvalue weighted by molar-refractivity contribution is 7.98. The van der Waals surface area contributed by atoms with Crippen LogP contribution in [-0.2, 0) is 19.2 Å². The minimum Gasteiger partial charge on any atom is -0.480 e. The van der Waals surface area contributed by atoms with Gasteiger partial charge in [0.2, 0.25) is 17.7 Å². The van der Waals surface area contributed by atoms with Crippen LogP contribution in [0.4, 0.5) is 0 Å². The lowest BCUT2D eigenvalue weighted by molar-refractivity contribution is -0.146. The summed E-state index contributed by atoms with van der Waals surface area (Å²) < 4.78 is 0. The quantitative estimate of drug-likeness (QED) is 0.274. The lowest BCUT2D eigenvalue weighted by Crippen LogP contribution is -2.59. The van der Waals surface area contributed by atoms with Gasteiger partial charge in [-0.15, -0.1) is 0 Å². The molecule has 11 heteroatoms. The standard InChI is InChI=1S/C19H34N4O6S/c1-10(2)14(19(28)29)21-17(26)13-6-5-8-23(13)18(27)15(11(3)24)22-16(25)12(20)7-9-30-4/h10-15,24H,5-9,20H2,1-4H3,(H,21,26)(H,22,25)(H,28,29). The molecule has 1 aliphatic heterocycles. The van der Waals surface area contributed by atoms with E-state index in [1.807, 2.05) is 6.26 Å². The molecule has 0 saturated carbocycles. The Morgan fingerprint density at radius 1 is 1.17 bits per heavy atom. The molecule has 0 radical (unpaired) electrons. The third-order valence-corrected chi connectivity index (χ3v) is 5.73. The van der Waals surface area contributed by atoms with Crippen LogP contribution < -0.4 is 16.4 Å². The van der Waals surface area contributed by atoms with E-state index in [-0.39, 0.29) is 12.5 Å². The third-order valence-electron chi connectivity index (χ3n) is 5.08. The zero-order valence-electron chi connectivity index (χ0n) is 18.0. The summed E-state index contributed by atoms with van der Waals surface area (Å²) in [6.07, 6.45) is 2.04. The van der Waals surface area contributed by atoms with Crippen LogP contribution in [-0.4, -0.2) is 87.6 Å². The van der Waals surface area contributed by atoms with Gasteiger partial charge in [-0.25, -0.2) is 4.79 Å². The van der Waals surface area contributed by atoms with E-state index < -0.39 is 54.0 Å². The Hall–Kier alpha value is -1.85. The molecule has 6 N–H and O–H groups in total. The van der Waals surface area contributed by atoms with Crippen molar-refractivity contribution in [3.63, 3.8) is 0 Å². The molecule has 0 aromatic heterocycles. The molecule has 0 spiro atoms. The van der Waals surface area contributed by atoms with Gasteiger partial charge in [0, 0.05) is 6.54 Å². The van der Waals surface area contributed by atoms with Gasteiger partial charge in [-0.3, -0.25) is 14.4 Å². The highest BCUT2D eigenvalue weighted by Gasteiger charge is 2.40. The van der Waals surface area contributed by atoms with Crippen LogP contribution in [0, 0.1) is 5.92 Å². The number of rotatable bonds is 11. The SMILES string of the molecule is CSCCC(N)C(=O)NC(C(=O)N1CCCC1C(=O)NC(C(=O)O)C(C)C)C(C)O. The number of nitrogens with one attached hydrogen (secondary N) is 2. The molecule has 1 saturated heterocycles. The van der Waals surface area contributed by atoms with Crippen molar-refractivity contribution in [2.24, 2.45) is 11.7 Å². The van der Waals surface area contributed by atoms with Gasteiger partial charge in [-0.05, 0) is 44.1 Å². The molecule has 1 heterocycles. The summed E-state index contributed by atoms with van der Waals surface area (Å²) in [5, 5.41) is 24.4. The van der Waals surface area contributed by atoms with Gasteiger partial charge < -0.3 is 31.5 Å². The average molecular weight is 447 g/mol. The normalized spacial score (nSPS) is 20.4. The van der Waals surface area contributed by atoms with Gasteiger partial charge in [-0.2, -0.15) is 11.8 Å². The Morgan fingerprint density at radius 3 is 2.30 bits per heavy atom. The van der Waals surface area contributed by atoms with Crippen molar-refractivity contribution in [3.8, 4) is 0 Å². The Morgan fingerprint density at radius 2 is 1.80 bits per heavy atom. The lowest BCUT2D eigenvalue weighted by Gasteiger charge is -2.31. The molecule has 1 rings (SSSR count). The zero-order valence-corrected chi connectivity index (χ0v) is 18.8. The maximum Gasteiger partial charge on any atom is 0.326 e. The molecular weight excluding hydrogens is 412 g/mol. The average Bonchev–Trinajstić information content (AvgIpc) is 3.16. The number of nitrogens with zero attached hydrogens (tertiary/aromatic N) is 1. The minimum atomic E-state index is -1.24. The highest BCUT2D eigenvalue weighted by Crippen LogP contribution is 2.20. The summed E-state index contributed by atoms with van der Waals surface area (Å²) >= 11 is 1.54. The largest absolute Gasteiger partial charge is 0.480 e. The minimum absolute atomic E-state index is 0.272. The Balaban J connectivity index is 2.89. The molecule has 1 aliphatic rings. The fourth-order valence-electron chi connectivity index (χ4n) is 3.27. The van der Waals surface area contributed by atoms with E-state index in [4.69, 9.17) is 5.73 Å². The van der Waals surface area contributed by atoms with Crippen LogP contribution in [0.2, 0.25) is 0 Å². The summed E-state index contributed by atoms with van der Waals surface area (Å²) in [4.78, 5) is 50.7. The fraction of sp³-hybridized carbons (Fsp3) is 0.789. The van der Waals surface area contributed by atoms with E-state index >= 15 is 0 Å². The van der Waals surface area contributed by atoms with Crippen LogP contribution in [0.15, 0.2) is 0 Å². The first-order valence-corrected chi connectivity index (χ1v) is 11.5. The first-order valence-electron chi connectivity index (χ1n) is 10.1. The van der Waals surface area contributed by atoms with Gasteiger partial charge in [-0.1, -0.05) is 13.8 Å². The number of likely N-dealkylation sites (tertiary alicyclic amines) is 1. The van der Waals surface area contributed by atoms with Gasteiger partial charge in [0.15, 0.2) is 0 Å².